The summed E-state index contributed by atoms with van der Waals surface area (Å²) in [6.45, 7) is 5.20. The first-order valence-electron chi connectivity index (χ1n) is 9.64. The summed E-state index contributed by atoms with van der Waals surface area (Å²) in [6.07, 6.45) is 2.08. The van der Waals surface area contributed by atoms with Crippen molar-refractivity contribution in [2.75, 3.05) is 23.8 Å². The second kappa shape index (κ2) is 9.37. The van der Waals surface area contributed by atoms with E-state index in [4.69, 9.17) is 9.47 Å². The van der Waals surface area contributed by atoms with Gasteiger partial charge in [-0.3, -0.25) is 9.59 Å². The average Bonchev–Trinajstić information content (AvgIpc) is 3.23. The van der Waals surface area contributed by atoms with Crippen molar-refractivity contribution in [1.29, 1.82) is 0 Å². The quantitative estimate of drug-likeness (QED) is 0.754. The van der Waals surface area contributed by atoms with Crippen molar-refractivity contribution in [2.45, 2.75) is 39.2 Å². The summed E-state index contributed by atoms with van der Waals surface area (Å²) in [4.78, 5) is 24.9. The predicted octanol–water partition coefficient (Wildman–Crippen LogP) is 4.15. The minimum absolute atomic E-state index is 0.177. The lowest BCUT2D eigenvalue weighted by molar-refractivity contribution is -0.124. The molecule has 2 aromatic rings. The number of carbonyl (C=O) groups excluding carboxylic acids is 2. The SMILES string of the molecule is CCCOc1cc(C)ccc1NC(=O)c1cccc(NC(=O)C2CCCO2)c1. The Bertz CT molecular complexity index is 844. The number of aryl methyl sites for hydroxylation is 1. The molecular formula is C22H26N2O4. The van der Waals surface area contributed by atoms with Gasteiger partial charge in [-0.15, -0.1) is 0 Å². The van der Waals surface area contributed by atoms with E-state index >= 15 is 0 Å². The second-order valence-electron chi connectivity index (χ2n) is 6.87. The molecule has 0 radical (unpaired) electrons. The average molecular weight is 382 g/mol. The molecule has 148 valence electrons. The molecule has 1 aliphatic heterocycles. The van der Waals surface area contributed by atoms with Gasteiger partial charge in [0, 0.05) is 17.9 Å². The van der Waals surface area contributed by atoms with Crippen LogP contribution in [-0.2, 0) is 9.53 Å². The first-order valence-corrected chi connectivity index (χ1v) is 9.64. The zero-order valence-corrected chi connectivity index (χ0v) is 16.3. The first-order chi connectivity index (χ1) is 13.6. The van der Waals surface area contributed by atoms with Gasteiger partial charge in [0.2, 0.25) is 0 Å². The molecule has 2 aromatic carbocycles. The maximum atomic E-state index is 12.7. The van der Waals surface area contributed by atoms with Crippen LogP contribution in [-0.4, -0.2) is 31.1 Å². The smallest absolute Gasteiger partial charge is 0.255 e. The van der Waals surface area contributed by atoms with Gasteiger partial charge in [0.1, 0.15) is 11.9 Å². The number of ether oxygens (including phenoxy) is 2. The molecule has 0 bridgehead atoms. The lowest BCUT2D eigenvalue weighted by Crippen LogP contribution is -2.27. The van der Waals surface area contributed by atoms with Crippen LogP contribution in [0, 0.1) is 6.92 Å². The summed E-state index contributed by atoms with van der Waals surface area (Å²) in [5, 5.41) is 5.72. The fourth-order valence-electron chi connectivity index (χ4n) is 3.00. The molecule has 0 spiro atoms. The monoisotopic (exact) mass is 382 g/mol. The summed E-state index contributed by atoms with van der Waals surface area (Å²) in [6, 6.07) is 12.5. The first kappa shape index (κ1) is 19.9. The lowest BCUT2D eigenvalue weighted by Gasteiger charge is -2.14. The van der Waals surface area contributed by atoms with E-state index in [9.17, 15) is 9.59 Å². The van der Waals surface area contributed by atoms with Crippen LogP contribution in [0.2, 0.25) is 0 Å². The molecule has 1 atom stereocenters. The van der Waals surface area contributed by atoms with Crippen LogP contribution in [0.4, 0.5) is 11.4 Å². The molecule has 3 rings (SSSR count). The Kier molecular flexibility index (Phi) is 6.66. The zero-order chi connectivity index (χ0) is 19.9. The minimum Gasteiger partial charge on any atom is -0.491 e. The Morgan fingerprint density at radius 3 is 2.79 bits per heavy atom. The summed E-state index contributed by atoms with van der Waals surface area (Å²) >= 11 is 0. The highest BCUT2D eigenvalue weighted by Gasteiger charge is 2.23. The number of hydrogen-bond donors (Lipinski definition) is 2. The third-order valence-electron chi connectivity index (χ3n) is 4.46. The highest BCUT2D eigenvalue weighted by molar-refractivity contribution is 6.06. The Morgan fingerprint density at radius 2 is 2.04 bits per heavy atom. The maximum absolute atomic E-state index is 12.7. The number of benzene rings is 2. The second-order valence-corrected chi connectivity index (χ2v) is 6.87. The largest absolute Gasteiger partial charge is 0.491 e. The third-order valence-corrected chi connectivity index (χ3v) is 4.46. The van der Waals surface area contributed by atoms with Crippen LogP contribution < -0.4 is 15.4 Å². The Morgan fingerprint density at radius 1 is 1.18 bits per heavy atom. The van der Waals surface area contributed by atoms with Crippen LogP contribution >= 0.6 is 0 Å². The number of carbonyl (C=O) groups is 2. The topological polar surface area (TPSA) is 76.7 Å². The maximum Gasteiger partial charge on any atom is 0.255 e. The van der Waals surface area contributed by atoms with Crippen LogP contribution in [0.1, 0.15) is 42.1 Å². The Hall–Kier alpha value is -2.86. The lowest BCUT2D eigenvalue weighted by atomic mass is 10.1. The summed E-state index contributed by atoms with van der Waals surface area (Å²) in [5.41, 5.74) is 2.70. The van der Waals surface area contributed by atoms with Gasteiger partial charge in [-0.1, -0.05) is 19.1 Å². The molecule has 1 heterocycles. The van der Waals surface area contributed by atoms with Crippen LogP contribution in [0.5, 0.6) is 5.75 Å². The Balaban J connectivity index is 1.70. The summed E-state index contributed by atoms with van der Waals surface area (Å²) < 4.78 is 11.1. The van der Waals surface area contributed by atoms with Gasteiger partial charge in [0.05, 0.1) is 12.3 Å². The van der Waals surface area contributed by atoms with Crippen LogP contribution in [0.25, 0.3) is 0 Å². The molecule has 2 N–H and O–H groups in total. The van der Waals surface area contributed by atoms with Crippen LogP contribution in [0.15, 0.2) is 42.5 Å². The van der Waals surface area contributed by atoms with Crippen molar-refractivity contribution in [3.63, 3.8) is 0 Å². The minimum atomic E-state index is -0.414. The van der Waals surface area contributed by atoms with Gasteiger partial charge in [-0.05, 0) is 62.1 Å². The molecule has 0 saturated carbocycles. The number of nitrogens with one attached hydrogen (secondary N) is 2. The van der Waals surface area contributed by atoms with E-state index in [-0.39, 0.29) is 11.8 Å². The molecule has 1 fully saturated rings. The standard InChI is InChI=1S/C22H26N2O4/c1-3-11-27-20-13-15(2)9-10-18(20)24-21(25)16-6-4-7-17(14-16)23-22(26)19-8-5-12-28-19/h4,6-7,9-10,13-14,19H,3,5,8,11-12H2,1-2H3,(H,23,26)(H,24,25). The van der Waals surface area contributed by atoms with E-state index in [1.165, 1.54) is 0 Å². The van der Waals surface area contributed by atoms with Crippen molar-refractivity contribution in [3.05, 3.63) is 53.6 Å². The molecule has 1 saturated heterocycles. The fraction of sp³-hybridized carbons (Fsp3) is 0.364. The highest BCUT2D eigenvalue weighted by Crippen LogP contribution is 2.27. The zero-order valence-electron chi connectivity index (χ0n) is 16.3. The fourth-order valence-corrected chi connectivity index (χ4v) is 3.00. The molecular weight excluding hydrogens is 356 g/mol. The Labute approximate surface area is 165 Å². The number of anilines is 2. The van der Waals surface area contributed by atoms with Gasteiger partial charge in [-0.25, -0.2) is 0 Å². The molecule has 1 aliphatic rings. The molecule has 0 aromatic heterocycles. The summed E-state index contributed by atoms with van der Waals surface area (Å²) in [5.74, 6) is 0.209. The molecule has 28 heavy (non-hydrogen) atoms. The van der Waals surface area contributed by atoms with Crippen molar-refractivity contribution in [3.8, 4) is 5.75 Å². The predicted molar refractivity (Wildman–Crippen MR) is 109 cm³/mol. The van der Waals surface area contributed by atoms with Gasteiger partial charge in [0.15, 0.2) is 0 Å². The molecule has 1 unspecified atom stereocenters. The molecule has 2 amide bonds. The van der Waals surface area contributed by atoms with E-state index in [1.807, 2.05) is 32.0 Å². The van der Waals surface area contributed by atoms with E-state index < -0.39 is 6.10 Å². The van der Waals surface area contributed by atoms with E-state index in [0.717, 1.165) is 24.8 Å². The highest BCUT2D eigenvalue weighted by atomic mass is 16.5. The van der Waals surface area contributed by atoms with Gasteiger partial charge < -0.3 is 20.1 Å². The van der Waals surface area contributed by atoms with E-state index in [2.05, 4.69) is 10.6 Å². The van der Waals surface area contributed by atoms with E-state index in [0.29, 0.717) is 35.9 Å². The third kappa shape index (κ3) is 5.10. The van der Waals surface area contributed by atoms with Gasteiger partial charge in [-0.2, -0.15) is 0 Å². The number of hydrogen-bond acceptors (Lipinski definition) is 4. The van der Waals surface area contributed by atoms with Crippen molar-refractivity contribution in [2.24, 2.45) is 0 Å². The normalized spacial score (nSPS) is 15.9. The van der Waals surface area contributed by atoms with Crippen molar-refractivity contribution in [1.82, 2.24) is 0 Å². The summed E-state index contributed by atoms with van der Waals surface area (Å²) in [7, 11) is 0. The van der Waals surface area contributed by atoms with E-state index in [1.54, 1.807) is 24.3 Å². The molecule has 6 heteroatoms. The van der Waals surface area contributed by atoms with Crippen LogP contribution in [0.3, 0.4) is 0 Å². The number of amides is 2. The van der Waals surface area contributed by atoms with Gasteiger partial charge >= 0.3 is 0 Å². The van der Waals surface area contributed by atoms with Crippen molar-refractivity contribution < 1.29 is 19.1 Å². The van der Waals surface area contributed by atoms with Crippen molar-refractivity contribution >= 4 is 23.2 Å². The molecule has 0 aliphatic carbocycles. The van der Waals surface area contributed by atoms with Gasteiger partial charge in [0.25, 0.3) is 11.8 Å². The number of rotatable bonds is 7. The molecule has 6 nitrogen and oxygen atoms in total.